The van der Waals surface area contributed by atoms with E-state index in [1.165, 1.54) is 6.26 Å². The fraction of sp³-hybridized carbons (Fsp3) is 0.300. The summed E-state index contributed by atoms with van der Waals surface area (Å²) in [6, 6.07) is 8.85. The van der Waals surface area contributed by atoms with Crippen LogP contribution in [0.1, 0.15) is 16.1 Å². The van der Waals surface area contributed by atoms with Crippen LogP contribution in [0.2, 0.25) is 0 Å². The lowest BCUT2D eigenvalue weighted by molar-refractivity contribution is -0.128. The molecule has 2 aliphatic heterocycles. The molecule has 0 radical (unpaired) electrons. The van der Waals surface area contributed by atoms with E-state index in [0.29, 0.717) is 43.3 Å². The maximum atomic E-state index is 12.8. The Morgan fingerprint density at radius 2 is 1.78 bits per heavy atom. The minimum absolute atomic E-state index is 0.0615. The van der Waals surface area contributed by atoms with Crippen molar-refractivity contribution in [2.75, 3.05) is 39.9 Å². The first-order valence-corrected chi connectivity index (χ1v) is 8.79. The summed E-state index contributed by atoms with van der Waals surface area (Å²) in [6.07, 6.45) is 3.33. The fourth-order valence-corrected chi connectivity index (χ4v) is 3.28. The predicted octanol–water partition coefficient (Wildman–Crippen LogP) is 2.05. The summed E-state index contributed by atoms with van der Waals surface area (Å²) >= 11 is 0. The van der Waals surface area contributed by atoms with E-state index in [2.05, 4.69) is 0 Å². The molecule has 1 saturated heterocycles. The molecule has 2 aliphatic rings. The number of furan rings is 1. The molecule has 0 N–H and O–H groups in total. The second-order valence-corrected chi connectivity index (χ2v) is 6.42. The normalized spacial score (nSPS) is 16.3. The lowest BCUT2D eigenvalue weighted by Crippen LogP contribution is -2.51. The average molecular weight is 368 g/mol. The SMILES string of the molecule is COc1ccc2c(c1)C=C(C(=O)N1CCN(C(=O)c3ccco3)CC1)CO2. The van der Waals surface area contributed by atoms with Crippen molar-refractivity contribution in [1.82, 2.24) is 9.80 Å². The smallest absolute Gasteiger partial charge is 0.289 e. The van der Waals surface area contributed by atoms with Crippen LogP contribution in [-0.4, -0.2) is 61.5 Å². The Bertz CT molecular complexity index is 880. The molecule has 1 fully saturated rings. The van der Waals surface area contributed by atoms with Gasteiger partial charge < -0.3 is 23.7 Å². The third kappa shape index (κ3) is 3.40. The van der Waals surface area contributed by atoms with Crippen LogP contribution in [-0.2, 0) is 4.79 Å². The molecule has 3 heterocycles. The molecule has 0 unspecified atom stereocenters. The maximum absolute atomic E-state index is 12.8. The van der Waals surface area contributed by atoms with Gasteiger partial charge in [0.15, 0.2) is 5.76 Å². The summed E-state index contributed by atoms with van der Waals surface area (Å²) in [7, 11) is 1.60. The molecule has 7 heteroatoms. The van der Waals surface area contributed by atoms with Gasteiger partial charge in [-0.05, 0) is 36.4 Å². The lowest BCUT2D eigenvalue weighted by Gasteiger charge is -2.35. The van der Waals surface area contributed by atoms with Gasteiger partial charge in [-0.1, -0.05) is 0 Å². The highest BCUT2D eigenvalue weighted by Gasteiger charge is 2.28. The molecular weight excluding hydrogens is 348 g/mol. The third-order valence-electron chi connectivity index (χ3n) is 4.79. The Balaban J connectivity index is 1.42. The average Bonchev–Trinajstić information content (AvgIpc) is 3.27. The number of hydrogen-bond acceptors (Lipinski definition) is 5. The molecule has 0 bridgehead atoms. The van der Waals surface area contributed by atoms with Gasteiger partial charge >= 0.3 is 0 Å². The van der Waals surface area contributed by atoms with Crippen LogP contribution in [0.25, 0.3) is 6.08 Å². The summed E-state index contributed by atoms with van der Waals surface area (Å²) in [5.41, 5.74) is 1.43. The third-order valence-corrected chi connectivity index (χ3v) is 4.79. The van der Waals surface area contributed by atoms with Crippen LogP contribution in [0, 0.1) is 0 Å². The molecule has 7 nitrogen and oxygen atoms in total. The van der Waals surface area contributed by atoms with Gasteiger partial charge in [-0.15, -0.1) is 0 Å². The van der Waals surface area contributed by atoms with Crippen LogP contribution in [0.4, 0.5) is 0 Å². The predicted molar refractivity (Wildman–Crippen MR) is 97.7 cm³/mol. The molecule has 0 aliphatic carbocycles. The first-order valence-electron chi connectivity index (χ1n) is 8.79. The molecule has 140 valence electrons. The van der Waals surface area contributed by atoms with Crippen LogP contribution < -0.4 is 9.47 Å². The van der Waals surface area contributed by atoms with E-state index in [9.17, 15) is 9.59 Å². The molecule has 1 aromatic carbocycles. The Hall–Kier alpha value is -3.22. The van der Waals surface area contributed by atoms with Crippen molar-refractivity contribution >= 4 is 17.9 Å². The Morgan fingerprint density at radius 1 is 1.04 bits per heavy atom. The van der Waals surface area contributed by atoms with E-state index < -0.39 is 0 Å². The monoisotopic (exact) mass is 368 g/mol. The summed E-state index contributed by atoms with van der Waals surface area (Å²) in [6.45, 7) is 2.15. The van der Waals surface area contributed by atoms with E-state index in [1.807, 2.05) is 24.3 Å². The quantitative estimate of drug-likeness (QED) is 0.829. The molecule has 2 aromatic rings. The van der Waals surface area contributed by atoms with Crippen LogP contribution in [0.3, 0.4) is 0 Å². The largest absolute Gasteiger partial charge is 0.497 e. The van der Waals surface area contributed by atoms with Crippen LogP contribution >= 0.6 is 0 Å². The molecule has 0 saturated carbocycles. The number of fused-ring (bicyclic) bond motifs is 1. The highest BCUT2D eigenvalue weighted by atomic mass is 16.5. The number of nitrogens with zero attached hydrogens (tertiary/aromatic N) is 2. The van der Waals surface area contributed by atoms with E-state index in [0.717, 1.165) is 11.3 Å². The van der Waals surface area contributed by atoms with Crippen molar-refractivity contribution in [3.8, 4) is 11.5 Å². The van der Waals surface area contributed by atoms with Crippen LogP contribution in [0.15, 0.2) is 46.6 Å². The number of amides is 2. The number of carbonyl (C=O) groups is 2. The van der Waals surface area contributed by atoms with E-state index >= 15 is 0 Å². The Kier molecular flexibility index (Phi) is 4.58. The Labute approximate surface area is 156 Å². The number of piperazine rings is 1. The molecule has 0 spiro atoms. The van der Waals surface area contributed by atoms with E-state index in [1.54, 1.807) is 29.0 Å². The fourth-order valence-electron chi connectivity index (χ4n) is 3.28. The zero-order valence-corrected chi connectivity index (χ0v) is 15.0. The minimum atomic E-state index is -0.145. The summed E-state index contributed by atoms with van der Waals surface area (Å²) in [5, 5.41) is 0. The number of ether oxygens (including phenoxy) is 2. The maximum Gasteiger partial charge on any atom is 0.289 e. The standard InChI is InChI=1S/C20H20N2O5/c1-25-16-4-5-17-14(12-16)11-15(13-27-17)19(23)21-6-8-22(9-7-21)20(24)18-3-2-10-26-18/h2-5,10-12H,6-9,13H2,1H3. The summed E-state index contributed by atoms with van der Waals surface area (Å²) in [4.78, 5) is 28.6. The van der Waals surface area contributed by atoms with Gasteiger partial charge in [-0.2, -0.15) is 0 Å². The first kappa shape index (κ1) is 17.2. The van der Waals surface area contributed by atoms with Gasteiger partial charge in [0.1, 0.15) is 18.1 Å². The molecule has 0 atom stereocenters. The first-order chi connectivity index (χ1) is 13.2. The van der Waals surface area contributed by atoms with Crippen molar-refractivity contribution in [2.45, 2.75) is 0 Å². The second kappa shape index (κ2) is 7.19. The molecule has 4 rings (SSSR count). The number of carbonyl (C=O) groups excluding carboxylic acids is 2. The number of methoxy groups -OCH3 is 1. The number of hydrogen-bond donors (Lipinski definition) is 0. The van der Waals surface area contributed by atoms with Gasteiger partial charge in [-0.25, -0.2) is 0 Å². The number of rotatable bonds is 3. The van der Waals surface area contributed by atoms with Crippen molar-refractivity contribution < 1.29 is 23.5 Å². The Morgan fingerprint density at radius 3 is 2.44 bits per heavy atom. The molecule has 1 aromatic heterocycles. The molecular formula is C20H20N2O5. The topological polar surface area (TPSA) is 72.2 Å². The highest BCUT2D eigenvalue weighted by molar-refractivity contribution is 5.99. The van der Waals surface area contributed by atoms with Crippen molar-refractivity contribution in [3.63, 3.8) is 0 Å². The molecule has 27 heavy (non-hydrogen) atoms. The number of benzene rings is 1. The van der Waals surface area contributed by atoms with Gasteiger partial charge in [-0.3, -0.25) is 9.59 Å². The van der Waals surface area contributed by atoms with Crippen molar-refractivity contribution in [1.29, 1.82) is 0 Å². The van der Waals surface area contributed by atoms with Gasteiger partial charge in [0.2, 0.25) is 0 Å². The van der Waals surface area contributed by atoms with Gasteiger partial charge in [0, 0.05) is 31.7 Å². The van der Waals surface area contributed by atoms with Gasteiger partial charge in [0.05, 0.1) is 18.9 Å². The van der Waals surface area contributed by atoms with Crippen molar-refractivity contribution in [3.05, 3.63) is 53.5 Å². The zero-order chi connectivity index (χ0) is 18.8. The van der Waals surface area contributed by atoms with Crippen LogP contribution in [0.5, 0.6) is 11.5 Å². The summed E-state index contributed by atoms with van der Waals surface area (Å²) in [5.74, 6) is 1.57. The van der Waals surface area contributed by atoms with E-state index in [-0.39, 0.29) is 18.4 Å². The summed E-state index contributed by atoms with van der Waals surface area (Å²) < 4.78 is 16.1. The zero-order valence-electron chi connectivity index (χ0n) is 15.0. The highest BCUT2D eigenvalue weighted by Crippen LogP contribution is 2.30. The molecule has 2 amide bonds. The van der Waals surface area contributed by atoms with Gasteiger partial charge in [0.25, 0.3) is 11.8 Å². The lowest BCUT2D eigenvalue weighted by atomic mass is 10.1. The van der Waals surface area contributed by atoms with E-state index in [4.69, 9.17) is 13.9 Å². The van der Waals surface area contributed by atoms with Crippen molar-refractivity contribution in [2.24, 2.45) is 0 Å². The minimum Gasteiger partial charge on any atom is -0.497 e. The second-order valence-electron chi connectivity index (χ2n) is 6.42.